The molecule has 0 aromatic carbocycles. The monoisotopic (exact) mass is 103 g/mol. The van der Waals surface area contributed by atoms with Crippen molar-refractivity contribution in [2.24, 2.45) is 0 Å². The molecule has 0 aliphatic heterocycles. The molecular formula is KO4. The summed E-state index contributed by atoms with van der Waals surface area (Å²) in [5.74, 6) is 0. The molecule has 5 heavy (non-hydrogen) atoms. The molecule has 0 unspecified atom stereocenters. The Morgan fingerprint density at radius 1 is 0.800 bits per heavy atom. The molecule has 0 bridgehead atoms. The molecule has 0 N–H and O–H groups in total. The van der Waals surface area contributed by atoms with Crippen molar-refractivity contribution in [1.29, 1.82) is 0 Å². The van der Waals surface area contributed by atoms with Crippen LogP contribution in [0.4, 0.5) is 0 Å². The molecule has 0 atom stereocenters. The van der Waals surface area contributed by atoms with Gasteiger partial charge in [0.15, 0.2) is 0 Å². The normalized spacial score (nSPS) is 14.4. The van der Waals surface area contributed by atoms with Crippen molar-refractivity contribution in [3.05, 3.63) is 0 Å². The summed E-state index contributed by atoms with van der Waals surface area (Å²) in [7, 11) is 0. The van der Waals surface area contributed by atoms with E-state index in [1.54, 1.807) is 0 Å². The predicted molar refractivity (Wildman–Crippen MR) is 8.50 cm³/mol. The van der Waals surface area contributed by atoms with Crippen molar-refractivity contribution in [2.45, 2.75) is 0 Å². The first kappa shape index (κ1) is 5.84. The van der Waals surface area contributed by atoms with E-state index < -0.39 is 42.4 Å². The van der Waals surface area contributed by atoms with Gasteiger partial charge < -0.3 is 0 Å². The fraction of sp³-hybridized carbons (Fsp3) is 0. The van der Waals surface area contributed by atoms with E-state index in [4.69, 9.17) is -1.12 Å². The summed E-state index contributed by atoms with van der Waals surface area (Å²) in [6.45, 7) is 0. The summed E-state index contributed by atoms with van der Waals surface area (Å²) in [5, 5.41) is 0. The second-order valence-corrected chi connectivity index (χ2v) is 4.12. The molecule has 0 amide bonds. The zero-order valence-electron chi connectivity index (χ0n) is 2.63. The van der Waals surface area contributed by atoms with Crippen molar-refractivity contribution < 1.29 is -1.12 Å². The van der Waals surface area contributed by atoms with Crippen LogP contribution in [0.15, 0.2) is 0 Å². The van der Waals surface area contributed by atoms with Gasteiger partial charge in [-0.05, 0) is 0 Å². The van der Waals surface area contributed by atoms with Gasteiger partial charge in [0, 0.05) is 0 Å². The van der Waals surface area contributed by atoms with Crippen LogP contribution >= 0.6 is 0 Å². The molecule has 0 spiro atoms. The molecule has 25 valence electrons. The molecule has 0 aromatic heterocycles. The van der Waals surface area contributed by atoms with E-state index in [1.165, 1.54) is 0 Å². The Kier molecular flexibility index (Phi) is 1.78. The van der Waals surface area contributed by atoms with Gasteiger partial charge in [0.25, 0.3) is 0 Å². The standard InChI is InChI=1S/K.4O. The third-order valence-corrected chi connectivity index (χ3v) is 0. The third-order valence-electron chi connectivity index (χ3n) is 0. The molecule has 0 aliphatic carbocycles. The van der Waals surface area contributed by atoms with E-state index in [0.29, 0.717) is 0 Å². The first-order valence-corrected chi connectivity index (χ1v) is 6.73. The molecule has 0 saturated heterocycles. The number of hydrogen-bond acceptors (Lipinski definition) is 4. The van der Waals surface area contributed by atoms with Crippen LogP contribution in [0.5, 0.6) is 0 Å². The van der Waals surface area contributed by atoms with Crippen molar-refractivity contribution >= 4 is 42.4 Å². The number of rotatable bonds is 0. The minimum atomic E-state index is -6.38. The first-order chi connectivity index (χ1) is 2.00. The summed E-state index contributed by atoms with van der Waals surface area (Å²) >= 11 is -6.38. The van der Waals surface area contributed by atoms with E-state index >= 15 is 0 Å². The van der Waals surface area contributed by atoms with Gasteiger partial charge in [0.2, 0.25) is 0 Å². The van der Waals surface area contributed by atoms with Crippen LogP contribution in [0.25, 0.3) is 0 Å². The minimum absolute atomic E-state index is 6.38. The van der Waals surface area contributed by atoms with E-state index in [-0.39, 0.29) is 0 Å². The first-order valence-electron chi connectivity index (χ1n) is 1.63. The summed E-state index contributed by atoms with van der Waals surface area (Å²) in [6.07, 6.45) is 0. The average Bonchev–Trinajstić information content (AvgIpc) is 0.722. The van der Waals surface area contributed by atoms with Crippen LogP contribution in [0.2, 0.25) is 0 Å². The van der Waals surface area contributed by atoms with Gasteiger partial charge in [-0.1, -0.05) is 0 Å². The molecule has 0 rings (SSSR count). The van der Waals surface area contributed by atoms with Crippen molar-refractivity contribution in [1.82, 2.24) is 0 Å². The molecule has 4 nitrogen and oxygen atoms in total. The van der Waals surface area contributed by atoms with Gasteiger partial charge in [-0.25, -0.2) is 0 Å². The van der Waals surface area contributed by atoms with Crippen molar-refractivity contribution in [3.63, 3.8) is 0 Å². The molecule has 0 fully saturated rings. The van der Waals surface area contributed by atoms with Crippen molar-refractivity contribution in [2.75, 3.05) is 0 Å². The Morgan fingerprint density at radius 3 is 0.800 bits per heavy atom. The van der Waals surface area contributed by atoms with E-state index in [9.17, 15) is 0 Å². The summed E-state index contributed by atoms with van der Waals surface area (Å²) < 4.78 is 34.7. The van der Waals surface area contributed by atoms with Gasteiger partial charge in [-0.3, -0.25) is 0 Å². The van der Waals surface area contributed by atoms with Gasteiger partial charge in [0.05, 0.1) is 0 Å². The Balaban J connectivity index is 6.05. The van der Waals surface area contributed by atoms with Gasteiger partial charge in [-0.2, -0.15) is 0 Å². The summed E-state index contributed by atoms with van der Waals surface area (Å²) in [4.78, 5) is 0. The Bertz CT molecular complexity index is 155. The maximum absolute atomic E-state index is 8.67. The molecule has 0 radical (unpaired) electrons. The Morgan fingerprint density at radius 2 is 0.800 bits per heavy atom. The Hall–Kier alpha value is 0.836. The maximum atomic E-state index is 8.67. The molecule has 5 heteroatoms. The molecular weight excluding hydrogens is 103 g/mol. The SMILES string of the molecule is [O]=[K](=[O])(=[O])=[O]. The molecule has 0 saturated carbocycles. The van der Waals surface area contributed by atoms with Gasteiger partial charge in [-0.15, -0.1) is 0 Å². The fourth-order valence-electron chi connectivity index (χ4n) is 0. The summed E-state index contributed by atoms with van der Waals surface area (Å²) in [6, 6.07) is 0. The summed E-state index contributed by atoms with van der Waals surface area (Å²) in [5.41, 5.74) is 0. The zero-order chi connectivity index (χ0) is 4.50. The van der Waals surface area contributed by atoms with Crippen LogP contribution in [-0.4, -0.2) is 42.4 Å². The van der Waals surface area contributed by atoms with Crippen LogP contribution in [0.3, 0.4) is 0 Å². The molecule has 0 aliphatic rings. The third kappa shape index (κ3) is 55.6. The second kappa shape index (κ2) is 1.52. The van der Waals surface area contributed by atoms with E-state index in [2.05, 4.69) is 0 Å². The van der Waals surface area contributed by atoms with E-state index in [0.717, 1.165) is 0 Å². The topological polar surface area (TPSA) is 68.3 Å². The van der Waals surface area contributed by atoms with Gasteiger partial charge in [0.1, 0.15) is 0 Å². The van der Waals surface area contributed by atoms with Crippen molar-refractivity contribution in [3.8, 4) is 0 Å². The quantitative estimate of drug-likeness (QED) is 0.374. The fourth-order valence-corrected chi connectivity index (χ4v) is 0. The zero-order valence-corrected chi connectivity index (χ0v) is 5.76. The Labute approximate surface area is 40.2 Å². The van der Waals surface area contributed by atoms with Crippen LogP contribution in [0.1, 0.15) is 0 Å². The average molecular weight is 103 g/mol. The van der Waals surface area contributed by atoms with Crippen LogP contribution in [-0.2, 0) is -1.12 Å². The van der Waals surface area contributed by atoms with E-state index in [1.807, 2.05) is 0 Å². The van der Waals surface area contributed by atoms with Crippen LogP contribution < -0.4 is 0 Å². The molecule has 0 aromatic rings. The molecule has 0 heterocycles. The predicted octanol–water partition coefficient (Wildman–Crippen LogP) is -0.856. The number of hydrogen-bond donors (Lipinski definition) is 0. The second-order valence-electron chi connectivity index (χ2n) is 1.00. The van der Waals surface area contributed by atoms with Crippen LogP contribution in [0, 0.1) is 0 Å². The van der Waals surface area contributed by atoms with Gasteiger partial charge >= 0.3 is 41.3 Å².